The van der Waals surface area contributed by atoms with Crippen molar-refractivity contribution in [1.82, 2.24) is 10.9 Å². The van der Waals surface area contributed by atoms with E-state index in [1.807, 2.05) is 86.6 Å². The van der Waals surface area contributed by atoms with Crippen LogP contribution in [0.25, 0.3) is 0 Å². The van der Waals surface area contributed by atoms with Gasteiger partial charge in [-0.3, -0.25) is 20.4 Å². The number of thioether (sulfide) groups is 1. The smallest absolute Gasteiger partial charge is 0.269 e. The van der Waals surface area contributed by atoms with Crippen LogP contribution in [-0.2, 0) is 4.79 Å². The number of benzene rings is 3. The number of nitrogens with one attached hydrogen (secondary N) is 2. The maximum absolute atomic E-state index is 12.9. The third-order valence-corrected chi connectivity index (χ3v) is 5.53. The molecule has 0 spiro atoms. The number of hydrogen-bond acceptors (Lipinski definition) is 3. The molecule has 0 saturated heterocycles. The number of hydrogen-bond donors (Lipinski definition) is 2. The van der Waals surface area contributed by atoms with E-state index >= 15 is 0 Å². The van der Waals surface area contributed by atoms with E-state index in [1.54, 1.807) is 6.07 Å². The van der Waals surface area contributed by atoms with Crippen molar-refractivity contribution in [3.8, 4) is 0 Å². The molecule has 0 fully saturated rings. The van der Waals surface area contributed by atoms with Gasteiger partial charge in [-0.25, -0.2) is 0 Å². The Hall–Kier alpha value is -3.05. The minimum absolute atomic E-state index is 0.279. The van der Waals surface area contributed by atoms with Crippen LogP contribution in [-0.4, -0.2) is 11.8 Å². The summed E-state index contributed by atoms with van der Waals surface area (Å²) in [6.45, 7) is 3.85. The highest BCUT2D eigenvalue weighted by Crippen LogP contribution is 2.35. The molecule has 0 aliphatic carbocycles. The molecular formula is C23H22N2O2S. The van der Waals surface area contributed by atoms with Gasteiger partial charge in [-0.05, 0) is 43.2 Å². The van der Waals surface area contributed by atoms with Gasteiger partial charge in [0.15, 0.2) is 0 Å². The fourth-order valence-electron chi connectivity index (χ4n) is 2.86. The van der Waals surface area contributed by atoms with Crippen molar-refractivity contribution in [3.63, 3.8) is 0 Å². The second kappa shape index (κ2) is 9.24. The van der Waals surface area contributed by atoms with Crippen molar-refractivity contribution in [2.24, 2.45) is 0 Å². The van der Waals surface area contributed by atoms with E-state index in [0.717, 1.165) is 21.6 Å². The van der Waals surface area contributed by atoms with Gasteiger partial charge in [0, 0.05) is 10.5 Å². The molecule has 28 heavy (non-hydrogen) atoms. The van der Waals surface area contributed by atoms with E-state index < -0.39 is 5.25 Å². The Morgan fingerprint density at radius 3 is 2.11 bits per heavy atom. The Kier molecular flexibility index (Phi) is 6.50. The summed E-state index contributed by atoms with van der Waals surface area (Å²) in [5, 5.41) is -0.483. The first-order chi connectivity index (χ1) is 13.5. The molecular weight excluding hydrogens is 368 g/mol. The Balaban J connectivity index is 1.73. The summed E-state index contributed by atoms with van der Waals surface area (Å²) in [6.07, 6.45) is 0. The van der Waals surface area contributed by atoms with Gasteiger partial charge in [0.1, 0.15) is 5.25 Å². The lowest BCUT2D eigenvalue weighted by atomic mass is 10.1. The van der Waals surface area contributed by atoms with Crippen LogP contribution in [0.3, 0.4) is 0 Å². The average Bonchev–Trinajstić information content (AvgIpc) is 2.71. The van der Waals surface area contributed by atoms with Crippen LogP contribution in [0, 0.1) is 13.8 Å². The maximum Gasteiger partial charge on any atom is 0.269 e. The first kappa shape index (κ1) is 19.7. The predicted molar refractivity (Wildman–Crippen MR) is 113 cm³/mol. The largest absolute Gasteiger partial charge is 0.272 e. The minimum Gasteiger partial charge on any atom is -0.272 e. The van der Waals surface area contributed by atoms with E-state index in [4.69, 9.17) is 0 Å². The Morgan fingerprint density at radius 1 is 0.821 bits per heavy atom. The molecule has 0 saturated carbocycles. The average molecular weight is 391 g/mol. The van der Waals surface area contributed by atoms with Crippen LogP contribution >= 0.6 is 11.8 Å². The number of rotatable bonds is 5. The van der Waals surface area contributed by atoms with Crippen molar-refractivity contribution < 1.29 is 9.59 Å². The van der Waals surface area contributed by atoms with Crippen LogP contribution in [0.5, 0.6) is 0 Å². The second-order valence-corrected chi connectivity index (χ2v) is 7.66. The zero-order valence-electron chi connectivity index (χ0n) is 15.8. The summed E-state index contributed by atoms with van der Waals surface area (Å²) in [7, 11) is 0. The monoisotopic (exact) mass is 390 g/mol. The molecule has 0 aliphatic rings. The van der Waals surface area contributed by atoms with Gasteiger partial charge < -0.3 is 0 Å². The van der Waals surface area contributed by atoms with Crippen molar-refractivity contribution in [2.45, 2.75) is 24.0 Å². The van der Waals surface area contributed by atoms with Crippen LogP contribution < -0.4 is 10.9 Å². The number of hydrazine groups is 1. The van der Waals surface area contributed by atoms with Crippen LogP contribution in [0.1, 0.15) is 32.3 Å². The fourth-order valence-corrected chi connectivity index (χ4v) is 3.90. The van der Waals surface area contributed by atoms with Gasteiger partial charge in [-0.1, -0.05) is 66.2 Å². The van der Waals surface area contributed by atoms with Gasteiger partial charge >= 0.3 is 0 Å². The highest BCUT2D eigenvalue weighted by atomic mass is 32.2. The molecule has 4 nitrogen and oxygen atoms in total. The lowest BCUT2D eigenvalue weighted by molar-refractivity contribution is -0.121. The van der Waals surface area contributed by atoms with E-state index in [0.29, 0.717) is 5.56 Å². The predicted octanol–water partition coefficient (Wildman–Crippen LogP) is 4.60. The number of amides is 2. The van der Waals surface area contributed by atoms with Crippen molar-refractivity contribution in [3.05, 3.63) is 101 Å². The minimum atomic E-state index is -0.483. The highest BCUT2D eigenvalue weighted by molar-refractivity contribution is 8.00. The standard InChI is InChI=1S/C23H22N2O2S/c1-16-13-14-20(17(2)15-16)22(26)24-25-23(27)21(18-9-5-3-6-10-18)28-19-11-7-4-8-12-19/h3-15,21H,1-2H3,(H,24,26)(H,25,27)/t21-/m1/s1. The molecule has 0 bridgehead atoms. The van der Waals surface area contributed by atoms with Gasteiger partial charge in [0.05, 0.1) is 0 Å². The molecule has 0 radical (unpaired) electrons. The number of carbonyl (C=O) groups is 2. The molecule has 3 rings (SSSR count). The summed E-state index contributed by atoms with van der Waals surface area (Å²) in [4.78, 5) is 26.3. The van der Waals surface area contributed by atoms with Gasteiger partial charge in [-0.2, -0.15) is 0 Å². The lowest BCUT2D eigenvalue weighted by Gasteiger charge is -2.18. The molecule has 1 atom stereocenters. The zero-order valence-corrected chi connectivity index (χ0v) is 16.6. The topological polar surface area (TPSA) is 58.2 Å². The summed E-state index contributed by atoms with van der Waals surface area (Å²) < 4.78 is 0. The number of carbonyl (C=O) groups excluding carboxylic acids is 2. The molecule has 5 heteroatoms. The van der Waals surface area contributed by atoms with Crippen molar-refractivity contribution in [2.75, 3.05) is 0 Å². The maximum atomic E-state index is 12.9. The fraction of sp³-hybridized carbons (Fsp3) is 0.130. The Bertz CT molecular complexity index is 959. The van der Waals surface area contributed by atoms with E-state index in [2.05, 4.69) is 10.9 Å². The summed E-state index contributed by atoms with van der Waals surface area (Å²) in [6, 6.07) is 24.8. The van der Waals surface area contributed by atoms with Crippen molar-refractivity contribution >= 4 is 23.6 Å². The Morgan fingerprint density at radius 2 is 1.46 bits per heavy atom. The van der Waals surface area contributed by atoms with Crippen LogP contribution in [0.2, 0.25) is 0 Å². The van der Waals surface area contributed by atoms with Crippen LogP contribution in [0.15, 0.2) is 83.8 Å². The molecule has 2 N–H and O–H groups in total. The third kappa shape index (κ3) is 5.02. The van der Waals surface area contributed by atoms with Gasteiger partial charge in [-0.15, -0.1) is 11.8 Å². The molecule has 0 unspecified atom stereocenters. The first-order valence-corrected chi connectivity index (χ1v) is 9.86. The molecule has 2 amide bonds. The molecule has 3 aromatic carbocycles. The SMILES string of the molecule is Cc1ccc(C(=O)NNC(=O)[C@H](Sc2ccccc2)c2ccccc2)c(C)c1. The van der Waals surface area contributed by atoms with E-state index in [-0.39, 0.29) is 11.8 Å². The molecule has 0 aliphatic heterocycles. The summed E-state index contributed by atoms with van der Waals surface area (Å²) in [5.74, 6) is -0.611. The van der Waals surface area contributed by atoms with Gasteiger partial charge in [0.25, 0.3) is 11.8 Å². The summed E-state index contributed by atoms with van der Waals surface area (Å²) in [5.41, 5.74) is 8.49. The van der Waals surface area contributed by atoms with E-state index in [9.17, 15) is 9.59 Å². The normalized spacial score (nSPS) is 11.5. The lowest BCUT2D eigenvalue weighted by Crippen LogP contribution is -2.43. The van der Waals surface area contributed by atoms with Crippen LogP contribution in [0.4, 0.5) is 0 Å². The Labute approximate surface area is 169 Å². The summed E-state index contributed by atoms with van der Waals surface area (Å²) >= 11 is 1.44. The molecule has 142 valence electrons. The van der Waals surface area contributed by atoms with Gasteiger partial charge in [0.2, 0.25) is 0 Å². The zero-order chi connectivity index (χ0) is 19.9. The first-order valence-electron chi connectivity index (χ1n) is 8.98. The highest BCUT2D eigenvalue weighted by Gasteiger charge is 2.22. The van der Waals surface area contributed by atoms with E-state index in [1.165, 1.54) is 11.8 Å². The molecule has 0 aromatic heterocycles. The third-order valence-electron chi connectivity index (χ3n) is 4.26. The van der Waals surface area contributed by atoms with Crippen molar-refractivity contribution in [1.29, 1.82) is 0 Å². The molecule has 3 aromatic rings. The quantitative estimate of drug-likeness (QED) is 0.494. The number of aryl methyl sites for hydroxylation is 2. The molecule has 0 heterocycles. The second-order valence-electron chi connectivity index (χ2n) is 6.48.